The summed E-state index contributed by atoms with van der Waals surface area (Å²) in [5, 5.41) is 3.38. The molecule has 7 nitrogen and oxygen atoms in total. The van der Waals surface area contributed by atoms with Crippen molar-refractivity contribution in [2.45, 2.75) is 70.0 Å². The molecule has 3 aromatic carbocycles. The van der Waals surface area contributed by atoms with Crippen LogP contribution in [-0.4, -0.2) is 43.8 Å². The summed E-state index contributed by atoms with van der Waals surface area (Å²) in [6.45, 7) is 4.68. The molecular weight excluding hydrogens is 565 g/mol. The lowest BCUT2D eigenvalue weighted by molar-refractivity contribution is -0.139. The highest BCUT2D eigenvalue weighted by Crippen LogP contribution is 2.29. The van der Waals surface area contributed by atoms with Crippen LogP contribution >= 0.6 is 11.6 Å². The van der Waals surface area contributed by atoms with Gasteiger partial charge in [-0.2, -0.15) is 0 Å². The molecule has 1 fully saturated rings. The number of rotatable bonds is 10. The number of sulfonamides is 1. The molecule has 1 N–H and O–H groups in total. The summed E-state index contributed by atoms with van der Waals surface area (Å²) < 4.78 is 42.5. The first-order valence-corrected chi connectivity index (χ1v) is 15.5. The second-order valence-corrected chi connectivity index (χ2v) is 12.8. The van der Waals surface area contributed by atoms with Crippen LogP contribution in [0.4, 0.5) is 10.1 Å². The molecular formula is C31H35ClFN3O4S. The molecule has 1 saturated carbocycles. The van der Waals surface area contributed by atoms with Crippen molar-refractivity contribution in [3.8, 4) is 0 Å². The Bertz CT molecular complexity index is 1490. The number of hydrogen-bond donors (Lipinski definition) is 1. The lowest BCUT2D eigenvalue weighted by Crippen LogP contribution is -2.52. The maximum Gasteiger partial charge on any atom is 0.264 e. The van der Waals surface area contributed by atoms with Crippen LogP contribution in [-0.2, 0) is 26.2 Å². The molecule has 1 aliphatic rings. The summed E-state index contributed by atoms with van der Waals surface area (Å²) in [5.74, 6) is -1.33. The second-order valence-electron chi connectivity index (χ2n) is 10.6. The number of carbonyl (C=O) groups is 2. The zero-order chi connectivity index (χ0) is 29.7. The Kier molecular flexibility index (Phi) is 9.71. The number of halogens is 2. The number of nitrogens with zero attached hydrogens (tertiary/aromatic N) is 2. The Morgan fingerprint density at radius 3 is 2.24 bits per heavy atom. The van der Waals surface area contributed by atoms with Gasteiger partial charge in [-0.3, -0.25) is 13.9 Å². The van der Waals surface area contributed by atoms with E-state index in [0.717, 1.165) is 41.1 Å². The number of hydrogen-bond acceptors (Lipinski definition) is 4. The largest absolute Gasteiger partial charge is 0.352 e. The summed E-state index contributed by atoms with van der Waals surface area (Å²) in [5.41, 5.74) is 2.47. The van der Waals surface area contributed by atoms with E-state index < -0.39 is 34.3 Å². The Labute approximate surface area is 246 Å². The maximum absolute atomic E-state index is 14.0. The molecule has 3 aromatic rings. The molecule has 10 heteroatoms. The average molecular weight is 600 g/mol. The quantitative estimate of drug-likeness (QED) is 0.321. The molecule has 4 rings (SSSR count). The van der Waals surface area contributed by atoms with Gasteiger partial charge in [-0.1, -0.05) is 60.3 Å². The lowest BCUT2D eigenvalue weighted by atomic mass is 10.1. The molecule has 0 heterocycles. The molecule has 0 saturated heterocycles. The van der Waals surface area contributed by atoms with Gasteiger partial charge in [0.2, 0.25) is 11.8 Å². The molecule has 1 aliphatic carbocycles. The molecule has 0 aliphatic heterocycles. The van der Waals surface area contributed by atoms with Crippen LogP contribution in [0.25, 0.3) is 0 Å². The zero-order valence-electron chi connectivity index (χ0n) is 23.4. The van der Waals surface area contributed by atoms with E-state index in [4.69, 9.17) is 11.6 Å². The van der Waals surface area contributed by atoms with E-state index in [9.17, 15) is 22.4 Å². The van der Waals surface area contributed by atoms with Gasteiger partial charge in [0, 0.05) is 17.6 Å². The van der Waals surface area contributed by atoms with Gasteiger partial charge in [0.05, 0.1) is 10.6 Å². The predicted octanol–water partition coefficient (Wildman–Crippen LogP) is 5.77. The van der Waals surface area contributed by atoms with E-state index in [-0.39, 0.29) is 29.1 Å². The van der Waals surface area contributed by atoms with Gasteiger partial charge in [0.1, 0.15) is 18.4 Å². The minimum Gasteiger partial charge on any atom is -0.352 e. The minimum absolute atomic E-state index is 0.00849. The van der Waals surface area contributed by atoms with Gasteiger partial charge in [0.15, 0.2) is 0 Å². The minimum atomic E-state index is -4.20. The number of nitrogens with one attached hydrogen (secondary N) is 1. The molecule has 1 atom stereocenters. The monoisotopic (exact) mass is 599 g/mol. The fraction of sp³-hybridized carbons (Fsp3) is 0.355. The van der Waals surface area contributed by atoms with Crippen molar-refractivity contribution < 1.29 is 22.4 Å². The molecule has 0 unspecified atom stereocenters. The van der Waals surface area contributed by atoms with Crippen molar-refractivity contribution in [1.29, 1.82) is 0 Å². The fourth-order valence-electron chi connectivity index (χ4n) is 4.86. The first-order valence-electron chi connectivity index (χ1n) is 13.7. The molecule has 0 radical (unpaired) electrons. The third kappa shape index (κ3) is 7.45. The highest BCUT2D eigenvalue weighted by Gasteiger charge is 2.33. The van der Waals surface area contributed by atoms with Crippen molar-refractivity contribution in [2.24, 2.45) is 0 Å². The molecule has 0 spiro atoms. The van der Waals surface area contributed by atoms with Crippen molar-refractivity contribution in [2.75, 3.05) is 10.8 Å². The molecule has 2 amide bonds. The highest BCUT2D eigenvalue weighted by atomic mass is 35.5. The Morgan fingerprint density at radius 2 is 1.63 bits per heavy atom. The SMILES string of the molecule is Cc1ccc(S(=O)(=O)N(CC(=O)N(Cc2ccc(F)cc2)[C@@H](C)C(=O)NC2CCCC2)c2ccc(C)c(Cl)c2)cc1. The van der Waals surface area contributed by atoms with Gasteiger partial charge in [-0.15, -0.1) is 0 Å². The van der Waals surface area contributed by atoms with Gasteiger partial charge in [0.25, 0.3) is 10.0 Å². The van der Waals surface area contributed by atoms with Crippen LogP contribution in [0.5, 0.6) is 0 Å². The maximum atomic E-state index is 14.0. The second kappa shape index (κ2) is 13.0. The van der Waals surface area contributed by atoms with Crippen LogP contribution in [0, 0.1) is 19.7 Å². The number of anilines is 1. The number of carbonyl (C=O) groups excluding carboxylic acids is 2. The van der Waals surface area contributed by atoms with Gasteiger partial charge < -0.3 is 10.2 Å². The van der Waals surface area contributed by atoms with E-state index in [0.29, 0.717) is 10.6 Å². The third-order valence-corrected chi connectivity index (χ3v) is 9.66. The van der Waals surface area contributed by atoms with Crippen molar-refractivity contribution in [1.82, 2.24) is 10.2 Å². The molecule has 41 heavy (non-hydrogen) atoms. The van der Waals surface area contributed by atoms with Gasteiger partial charge in [-0.25, -0.2) is 12.8 Å². The van der Waals surface area contributed by atoms with Crippen molar-refractivity contribution >= 4 is 39.1 Å². The lowest BCUT2D eigenvalue weighted by Gasteiger charge is -2.32. The number of benzene rings is 3. The Hall–Kier alpha value is -3.43. The number of amides is 2. The van der Waals surface area contributed by atoms with E-state index in [1.807, 2.05) is 6.92 Å². The van der Waals surface area contributed by atoms with Crippen molar-refractivity contribution in [3.05, 3.63) is 94.3 Å². The summed E-state index contributed by atoms with van der Waals surface area (Å²) in [6, 6.07) is 15.9. The Morgan fingerprint density at radius 1 is 1.00 bits per heavy atom. The summed E-state index contributed by atoms with van der Waals surface area (Å²) in [4.78, 5) is 28.6. The highest BCUT2D eigenvalue weighted by molar-refractivity contribution is 7.92. The fourth-order valence-corrected chi connectivity index (χ4v) is 6.44. The molecule has 218 valence electrons. The van der Waals surface area contributed by atoms with E-state index in [1.54, 1.807) is 38.1 Å². The number of aryl methyl sites for hydroxylation is 2. The normalized spacial score (nSPS) is 14.5. The first-order chi connectivity index (χ1) is 19.5. The van der Waals surface area contributed by atoms with E-state index >= 15 is 0 Å². The summed E-state index contributed by atoms with van der Waals surface area (Å²) >= 11 is 6.37. The van der Waals surface area contributed by atoms with E-state index in [2.05, 4.69) is 5.32 Å². The van der Waals surface area contributed by atoms with Crippen molar-refractivity contribution in [3.63, 3.8) is 0 Å². The topological polar surface area (TPSA) is 86.8 Å². The van der Waals surface area contributed by atoms with Crippen LogP contribution in [0.2, 0.25) is 5.02 Å². The van der Waals surface area contributed by atoms with Crippen LogP contribution in [0.3, 0.4) is 0 Å². The molecule has 0 aromatic heterocycles. The zero-order valence-corrected chi connectivity index (χ0v) is 25.0. The standard InChI is InChI=1S/C31H35ClFN3O4S/c1-21-8-16-28(17-9-21)41(39,40)36(27-15-10-22(2)29(32)18-27)20-30(37)35(19-24-11-13-25(33)14-12-24)23(3)31(38)34-26-6-4-5-7-26/h8-18,23,26H,4-7,19-20H2,1-3H3,(H,34,38)/t23-/m0/s1. The smallest absolute Gasteiger partial charge is 0.264 e. The average Bonchev–Trinajstić information content (AvgIpc) is 3.45. The van der Waals surface area contributed by atoms with Crippen LogP contribution in [0.1, 0.15) is 49.3 Å². The van der Waals surface area contributed by atoms with E-state index in [1.165, 1.54) is 47.4 Å². The Balaban J connectivity index is 1.70. The molecule has 0 bridgehead atoms. The third-order valence-electron chi connectivity index (χ3n) is 7.47. The first kappa shape index (κ1) is 30.5. The van der Waals surface area contributed by atoms with Crippen LogP contribution in [0.15, 0.2) is 71.6 Å². The van der Waals surface area contributed by atoms with Crippen LogP contribution < -0.4 is 9.62 Å². The summed E-state index contributed by atoms with van der Waals surface area (Å²) in [6.07, 6.45) is 3.81. The predicted molar refractivity (Wildman–Crippen MR) is 159 cm³/mol. The summed E-state index contributed by atoms with van der Waals surface area (Å²) in [7, 11) is -4.20. The van der Waals surface area contributed by atoms with Gasteiger partial charge >= 0.3 is 0 Å². The van der Waals surface area contributed by atoms with Gasteiger partial charge in [-0.05, 0) is 81.1 Å².